The summed E-state index contributed by atoms with van der Waals surface area (Å²) in [7, 11) is 0. The predicted octanol–water partition coefficient (Wildman–Crippen LogP) is 3.02. The number of aromatic nitrogens is 2. The summed E-state index contributed by atoms with van der Waals surface area (Å²) in [6, 6.07) is 8.05. The van der Waals surface area contributed by atoms with E-state index in [1.165, 1.54) is 6.07 Å². The molecule has 0 bridgehead atoms. The summed E-state index contributed by atoms with van der Waals surface area (Å²) in [5.74, 6) is -0.866. The van der Waals surface area contributed by atoms with Crippen LogP contribution < -0.4 is 5.32 Å². The zero-order chi connectivity index (χ0) is 14.8. The number of nitrogens with one attached hydrogen (secondary N) is 2. The lowest BCUT2D eigenvalue weighted by molar-refractivity contribution is -0.123. The minimum Gasteiger partial charge on any atom is -0.342 e. The molecule has 2 aromatic rings. The Morgan fingerprint density at radius 3 is 2.55 bits per heavy atom. The molecule has 106 valence electrons. The van der Waals surface area contributed by atoms with Gasteiger partial charge in [0.2, 0.25) is 0 Å². The van der Waals surface area contributed by atoms with E-state index in [9.17, 15) is 18.0 Å². The van der Waals surface area contributed by atoms with Gasteiger partial charge < -0.3 is 5.32 Å². The molecule has 4 nitrogen and oxygen atoms in total. The fourth-order valence-electron chi connectivity index (χ4n) is 1.48. The smallest absolute Gasteiger partial charge is 0.342 e. The van der Waals surface area contributed by atoms with Gasteiger partial charge in [-0.05, 0) is 18.2 Å². The molecular weight excluding hydrogens is 295 g/mol. The van der Waals surface area contributed by atoms with Gasteiger partial charge in [0.1, 0.15) is 12.2 Å². The second-order valence-corrected chi connectivity index (χ2v) is 4.41. The fourth-order valence-corrected chi connectivity index (χ4v) is 1.61. The summed E-state index contributed by atoms with van der Waals surface area (Å²) in [4.78, 5) is 11.5. The molecule has 20 heavy (non-hydrogen) atoms. The number of hydrogen-bond donors (Lipinski definition) is 2. The average Bonchev–Trinajstić information content (AvgIpc) is 2.85. The Kier molecular flexibility index (Phi) is 3.99. The van der Waals surface area contributed by atoms with Gasteiger partial charge in [0, 0.05) is 10.6 Å². The summed E-state index contributed by atoms with van der Waals surface area (Å²) < 4.78 is 36.0. The molecule has 0 atom stereocenters. The topological polar surface area (TPSA) is 57.8 Å². The van der Waals surface area contributed by atoms with Crippen molar-refractivity contribution in [1.82, 2.24) is 15.5 Å². The molecule has 8 heteroatoms. The number of benzene rings is 1. The third-order valence-electron chi connectivity index (χ3n) is 2.41. The number of amides is 1. The van der Waals surface area contributed by atoms with Crippen LogP contribution in [0.2, 0.25) is 5.02 Å². The van der Waals surface area contributed by atoms with E-state index >= 15 is 0 Å². The zero-order valence-electron chi connectivity index (χ0n) is 9.96. The molecule has 0 aliphatic rings. The maximum Gasteiger partial charge on any atom is 0.405 e. The summed E-state index contributed by atoms with van der Waals surface area (Å²) in [6.45, 7) is -1.39. The van der Waals surface area contributed by atoms with Crippen molar-refractivity contribution in [2.24, 2.45) is 0 Å². The van der Waals surface area contributed by atoms with Gasteiger partial charge in [-0.3, -0.25) is 9.89 Å². The second kappa shape index (κ2) is 5.54. The number of nitrogens with zero attached hydrogens (tertiary/aromatic N) is 1. The number of rotatable bonds is 3. The summed E-state index contributed by atoms with van der Waals surface area (Å²) in [5.41, 5.74) is 1.10. The van der Waals surface area contributed by atoms with E-state index in [0.717, 1.165) is 0 Å². The van der Waals surface area contributed by atoms with Crippen LogP contribution in [0.5, 0.6) is 0 Å². The van der Waals surface area contributed by atoms with Gasteiger partial charge in [0.25, 0.3) is 5.91 Å². The van der Waals surface area contributed by atoms with Crippen molar-refractivity contribution in [3.05, 3.63) is 41.0 Å². The first-order chi connectivity index (χ1) is 9.35. The molecule has 1 heterocycles. The lowest BCUT2D eigenvalue weighted by Crippen LogP contribution is -2.33. The molecule has 0 saturated carbocycles. The number of halogens is 4. The Balaban J connectivity index is 2.09. The van der Waals surface area contributed by atoms with Crippen molar-refractivity contribution < 1.29 is 18.0 Å². The highest BCUT2D eigenvalue weighted by molar-refractivity contribution is 6.30. The van der Waals surface area contributed by atoms with Crippen LogP contribution in [0.1, 0.15) is 10.5 Å². The van der Waals surface area contributed by atoms with Gasteiger partial charge in [0.05, 0.1) is 5.69 Å². The van der Waals surface area contributed by atoms with E-state index in [-0.39, 0.29) is 5.69 Å². The minimum absolute atomic E-state index is 0.0424. The first-order valence-corrected chi connectivity index (χ1v) is 5.89. The van der Waals surface area contributed by atoms with Gasteiger partial charge in [-0.2, -0.15) is 18.3 Å². The van der Waals surface area contributed by atoms with Gasteiger partial charge in [-0.15, -0.1) is 0 Å². The number of carbonyl (C=O) groups excluding carboxylic acids is 1. The Labute approximate surface area is 116 Å². The molecule has 0 aliphatic heterocycles. The molecule has 2 rings (SSSR count). The van der Waals surface area contributed by atoms with Crippen LogP contribution in [0.15, 0.2) is 30.3 Å². The SMILES string of the molecule is O=C(NCC(F)(F)F)c1cc(-c2ccc(Cl)cc2)n[nH]1. The Morgan fingerprint density at radius 2 is 1.95 bits per heavy atom. The molecule has 0 saturated heterocycles. The lowest BCUT2D eigenvalue weighted by Gasteiger charge is -2.06. The molecule has 1 aromatic carbocycles. The van der Waals surface area contributed by atoms with Crippen LogP contribution >= 0.6 is 11.6 Å². The maximum atomic E-state index is 12.0. The van der Waals surface area contributed by atoms with Crippen LogP contribution in [-0.2, 0) is 0 Å². The molecule has 0 unspecified atom stereocenters. The van der Waals surface area contributed by atoms with Crippen LogP contribution in [0.3, 0.4) is 0 Å². The normalized spacial score (nSPS) is 11.4. The van der Waals surface area contributed by atoms with Gasteiger partial charge in [-0.25, -0.2) is 0 Å². The quantitative estimate of drug-likeness (QED) is 0.915. The fraction of sp³-hybridized carbons (Fsp3) is 0.167. The lowest BCUT2D eigenvalue weighted by atomic mass is 10.1. The zero-order valence-corrected chi connectivity index (χ0v) is 10.7. The van der Waals surface area contributed by atoms with Crippen molar-refractivity contribution >= 4 is 17.5 Å². The molecule has 0 radical (unpaired) electrons. The molecule has 1 aromatic heterocycles. The number of hydrogen-bond acceptors (Lipinski definition) is 2. The third-order valence-corrected chi connectivity index (χ3v) is 2.66. The highest BCUT2D eigenvalue weighted by atomic mass is 35.5. The van der Waals surface area contributed by atoms with Gasteiger partial charge >= 0.3 is 6.18 Å². The number of carbonyl (C=O) groups is 1. The molecule has 1 amide bonds. The number of alkyl halides is 3. The van der Waals surface area contributed by atoms with Gasteiger partial charge in [-0.1, -0.05) is 23.7 Å². The first-order valence-electron chi connectivity index (χ1n) is 5.51. The van der Waals surface area contributed by atoms with Crippen LogP contribution in [-0.4, -0.2) is 28.8 Å². The second-order valence-electron chi connectivity index (χ2n) is 3.97. The largest absolute Gasteiger partial charge is 0.405 e. The van der Waals surface area contributed by atoms with E-state index in [1.807, 2.05) is 0 Å². The van der Waals surface area contributed by atoms with Crippen molar-refractivity contribution in [3.8, 4) is 11.3 Å². The van der Waals surface area contributed by atoms with E-state index in [2.05, 4.69) is 10.2 Å². The highest BCUT2D eigenvalue weighted by Gasteiger charge is 2.28. The average molecular weight is 304 g/mol. The van der Waals surface area contributed by atoms with Crippen LogP contribution in [0.25, 0.3) is 11.3 Å². The van der Waals surface area contributed by atoms with Gasteiger partial charge in [0.15, 0.2) is 0 Å². The number of aromatic amines is 1. The van der Waals surface area contributed by atoms with Crippen molar-refractivity contribution in [3.63, 3.8) is 0 Å². The van der Waals surface area contributed by atoms with E-state index in [1.54, 1.807) is 29.6 Å². The Bertz CT molecular complexity index is 607. The third kappa shape index (κ3) is 3.74. The molecule has 0 aliphatic carbocycles. The van der Waals surface area contributed by atoms with Crippen molar-refractivity contribution in [2.75, 3.05) is 6.54 Å². The van der Waals surface area contributed by atoms with Crippen molar-refractivity contribution in [2.45, 2.75) is 6.18 Å². The van der Waals surface area contributed by atoms with E-state index in [0.29, 0.717) is 16.3 Å². The van der Waals surface area contributed by atoms with E-state index in [4.69, 9.17) is 11.6 Å². The van der Waals surface area contributed by atoms with Crippen LogP contribution in [0, 0.1) is 0 Å². The van der Waals surface area contributed by atoms with E-state index < -0.39 is 18.6 Å². The first kappa shape index (κ1) is 14.4. The molecule has 0 fully saturated rings. The van der Waals surface area contributed by atoms with Crippen molar-refractivity contribution in [1.29, 1.82) is 0 Å². The monoisotopic (exact) mass is 303 g/mol. The van der Waals surface area contributed by atoms with Crippen LogP contribution in [0.4, 0.5) is 13.2 Å². The summed E-state index contributed by atoms with van der Waals surface area (Å²) >= 11 is 5.74. The molecular formula is C12H9ClF3N3O. The molecule has 0 spiro atoms. The number of H-pyrrole nitrogens is 1. The Morgan fingerprint density at radius 1 is 1.30 bits per heavy atom. The highest BCUT2D eigenvalue weighted by Crippen LogP contribution is 2.20. The standard InChI is InChI=1S/C12H9ClF3N3O/c13-8-3-1-7(2-4-8)9-5-10(19-18-9)11(20)17-6-12(14,15)16/h1-5H,6H2,(H,17,20)(H,18,19). The molecule has 2 N–H and O–H groups in total. The maximum absolute atomic E-state index is 12.0. The predicted molar refractivity (Wildman–Crippen MR) is 67.4 cm³/mol. The summed E-state index contributed by atoms with van der Waals surface area (Å²) in [5, 5.41) is 8.57. The summed E-state index contributed by atoms with van der Waals surface area (Å²) in [6.07, 6.45) is -4.45. The minimum atomic E-state index is -4.45. The Hall–Kier alpha value is -2.02.